The molecule has 0 aliphatic heterocycles. The molecule has 0 fully saturated rings. The molecule has 0 radical (unpaired) electrons. The molecule has 1 heterocycles. The van der Waals surface area contributed by atoms with E-state index in [0.717, 1.165) is 22.0 Å². The van der Waals surface area contributed by atoms with Gasteiger partial charge in [-0.25, -0.2) is 0 Å². The first kappa shape index (κ1) is 18.4. The molecule has 1 amide bonds. The number of aryl methyl sites for hydroxylation is 1. The van der Waals surface area contributed by atoms with E-state index in [-0.39, 0.29) is 25.5 Å². The van der Waals surface area contributed by atoms with Crippen molar-refractivity contribution in [3.05, 3.63) is 59.3 Å². The number of hydrogen-bond donors (Lipinski definition) is 2. The summed E-state index contributed by atoms with van der Waals surface area (Å²) < 4.78 is 10.5. The number of esters is 1. The first-order chi connectivity index (χ1) is 13.1. The van der Waals surface area contributed by atoms with Crippen LogP contribution >= 0.6 is 0 Å². The predicted octanol–water partition coefficient (Wildman–Crippen LogP) is 2.74. The van der Waals surface area contributed by atoms with Crippen LogP contribution in [0, 0.1) is 6.92 Å². The molecule has 3 rings (SSSR count). The Bertz CT molecular complexity index is 965. The van der Waals surface area contributed by atoms with Gasteiger partial charge in [0.15, 0.2) is 5.69 Å². The Balaban J connectivity index is 1.48. The Kier molecular flexibility index (Phi) is 5.71. The summed E-state index contributed by atoms with van der Waals surface area (Å²) in [6.45, 7) is 2.25. The maximum atomic E-state index is 12.2. The summed E-state index contributed by atoms with van der Waals surface area (Å²) in [6, 6.07) is 13.0. The van der Waals surface area contributed by atoms with Gasteiger partial charge in [-0.05, 0) is 25.1 Å². The highest BCUT2D eigenvalue weighted by Crippen LogP contribution is 2.20. The van der Waals surface area contributed by atoms with Crippen LogP contribution in [0.4, 0.5) is 0 Å². The van der Waals surface area contributed by atoms with Gasteiger partial charge in [-0.3, -0.25) is 14.7 Å². The highest BCUT2D eigenvalue weighted by Gasteiger charge is 2.14. The van der Waals surface area contributed by atoms with Crippen molar-refractivity contribution in [1.82, 2.24) is 15.5 Å². The van der Waals surface area contributed by atoms with Gasteiger partial charge in [0.05, 0.1) is 19.0 Å². The molecule has 0 saturated carbocycles. The normalized spacial score (nSPS) is 10.6. The third-order valence-electron chi connectivity index (χ3n) is 4.12. The average molecular weight is 367 g/mol. The molecule has 0 spiro atoms. The lowest BCUT2D eigenvalue weighted by Crippen LogP contribution is -2.27. The number of benzene rings is 2. The van der Waals surface area contributed by atoms with E-state index in [1.54, 1.807) is 7.11 Å². The molecule has 0 bridgehead atoms. The van der Waals surface area contributed by atoms with Crippen molar-refractivity contribution < 1.29 is 19.1 Å². The predicted molar refractivity (Wildman–Crippen MR) is 101 cm³/mol. The van der Waals surface area contributed by atoms with Crippen molar-refractivity contribution in [1.29, 1.82) is 0 Å². The third kappa shape index (κ3) is 4.44. The fourth-order valence-corrected chi connectivity index (χ4v) is 2.75. The average Bonchev–Trinajstić information content (AvgIpc) is 3.10. The van der Waals surface area contributed by atoms with Gasteiger partial charge in [-0.1, -0.05) is 29.8 Å². The lowest BCUT2D eigenvalue weighted by atomic mass is 10.1. The number of methoxy groups -OCH3 is 1. The van der Waals surface area contributed by atoms with Gasteiger partial charge >= 0.3 is 5.97 Å². The molecule has 3 aromatic rings. The zero-order valence-electron chi connectivity index (χ0n) is 15.2. The fraction of sp³-hybridized carbons (Fsp3) is 0.250. The minimum absolute atomic E-state index is 0.0717. The van der Waals surface area contributed by atoms with Gasteiger partial charge in [0, 0.05) is 17.5 Å². The van der Waals surface area contributed by atoms with Gasteiger partial charge < -0.3 is 14.8 Å². The Morgan fingerprint density at radius 2 is 2.00 bits per heavy atom. The first-order valence-corrected chi connectivity index (χ1v) is 8.59. The Morgan fingerprint density at radius 3 is 2.81 bits per heavy atom. The van der Waals surface area contributed by atoms with Crippen LogP contribution in [0.1, 0.15) is 28.0 Å². The molecule has 0 atom stereocenters. The summed E-state index contributed by atoms with van der Waals surface area (Å²) in [4.78, 5) is 24.2. The molecular weight excluding hydrogens is 346 g/mol. The SMILES string of the molecule is COc1ccc(C)cc1COC(=O)CCNC(=O)c1n[nH]c2ccccc12. The molecule has 140 valence electrons. The molecule has 0 saturated heterocycles. The minimum Gasteiger partial charge on any atom is -0.496 e. The molecule has 0 aliphatic rings. The van der Waals surface area contributed by atoms with E-state index in [4.69, 9.17) is 9.47 Å². The highest BCUT2D eigenvalue weighted by atomic mass is 16.5. The Hall–Kier alpha value is -3.35. The smallest absolute Gasteiger partial charge is 0.307 e. The standard InChI is InChI=1S/C20H21N3O4/c1-13-7-8-17(26-2)14(11-13)12-27-18(24)9-10-21-20(25)19-15-5-3-4-6-16(15)22-23-19/h3-8,11H,9-10,12H2,1-2H3,(H,21,25)(H,22,23). The molecule has 7 heteroatoms. The number of carbonyl (C=O) groups is 2. The lowest BCUT2D eigenvalue weighted by molar-refractivity contribution is -0.144. The van der Waals surface area contributed by atoms with Crippen molar-refractivity contribution in [2.75, 3.05) is 13.7 Å². The van der Waals surface area contributed by atoms with E-state index in [2.05, 4.69) is 15.5 Å². The van der Waals surface area contributed by atoms with Crippen molar-refractivity contribution in [2.24, 2.45) is 0 Å². The minimum atomic E-state index is -0.397. The van der Waals surface area contributed by atoms with E-state index in [0.29, 0.717) is 11.4 Å². The molecule has 2 aromatic carbocycles. The molecule has 1 aromatic heterocycles. The van der Waals surface area contributed by atoms with Crippen LogP contribution in [0.3, 0.4) is 0 Å². The second kappa shape index (κ2) is 8.35. The number of aromatic nitrogens is 2. The maximum absolute atomic E-state index is 12.2. The first-order valence-electron chi connectivity index (χ1n) is 8.59. The van der Waals surface area contributed by atoms with Crippen molar-refractivity contribution in [3.63, 3.8) is 0 Å². The van der Waals surface area contributed by atoms with E-state index in [9.17, 15) is 9.59 Å². The van der Waals surface area contributed by atoms with Gasteiger partial charge in [-0.2, -0.15) is 5.10 Å². The number of H-pyrrole nitrogens is 1. The maximum Gasteiger partial charge on any atom is 0.307 e. The summed E-state index contributed by atoms with van der Waals surface area (Å²) in [5.41, 5.74) is 2.95. The Labute approximate surface area is 156 Å². The zero-order valence-corrected chi connectivity index (χ0v) is 15.2. The van der Waals surface area contributed by atoms with Gasteiger partial charge in [0.2, 0.25) is 0 Å². The van der Waals surface area contributed by atoms with Gasteiger partial charge in [0.1, 0.15) is 12.4 Å². The van der Waals surface area contributed by atoms with Crippen molar-refractivity contribution in [3.8, 4) is 5.75 Å². The molecular formula is C20H21N3O4. The van der Waals surface area contributed by atoms with E-state index in [1.165, 1.54) is 0 Å². The molecule has 0 unspecified atom stereocenters. The van der Waals surface area contributed by atoms with Crippen LogP contribution in [0.2, 0.25) is 0 Å². The van der Waals surface area contributed by atoms with E-state index >= 15 is 0 Å². The number of amides is 1. The number of nitrogens with zero attached hydrogens (tertiary/aromatic N) is 1. The molecule has 0 aliphatic carbocycles. The van der Waals surface area contributed by atoms with Crippen molar-refractivity contribution in [2.45, 2.75) is 20.0 Å². The number of ether oxygens (including phenoxy) is 2. The number of para-hydroxylation sites is 1. The summed E-state index contributed by atoms with van der Waals surface area (Å²) >= 11 is 0. The summed E-state index contributed by atoms with van der Waals surface area (Å²) in [5.74, 6) is -0.0570. The largest absolute Gasteiger partial charge is 0.496 e. The topological polar surface area (TPSA) is 93.3 Å². The molecule has 7 nitrogen and oxygen atoms in total. The van der Waals surface area contributed by atoms with Crippen LogP contribution < -0.4 is 10.1 Å². The van der Waals surface area contributed by atoms with E-state index in [1.807, 2.05) is 49.4 Å². The van der Waals surface area contributed by atoms with Gasteiger partial charge in [-0.15, -0.1) is 0 Å². The fourth-order valence-electron chi connectivity index (χ4n) is 2.75. The number of nitrogens with one attached hydrogen (secondary N) is 2. The number of rotatable bonds is 7. The number of fused-ring (bicyclic) bond motifs is 1. The van der Waals surface area contributed by atoms with Crippen molar-refractivity contribution >= 4 is 22.8 Å². The third-order valence-corrected chi connectivity index (χ3v) is 4.12. The van der Waals surface area contributed by atoms with Crippen LogP contribution in [-0.2, 0) is 16.1 Å². The van der Waals surface area contributed by atoms with Crippen LogP contribution in [-0.4, -0.2) is 35.7 Å². The second-order valence-corrected chi connectivity index (χ2v) is 6.10. The summed E-state index contributed by atoms with van der Waals surface area (Å²) in [6.07, 6.45) is 0.0717. The number of aromatic amines is 1. The Morgan fingerprint density at radius 1 is 1.19 bits per heavy atom. The number of carbonyl (C=O) groups excluding carboxylic acids is 2. The number of hydrogen-bond acceptors (Lipinski definition) is 5. The second-order valence-electron chi connectivity index (χ2n) is 6.10. The lowest BCUT2D eigenvalue weighted by Gasteiger charge is -2.10. The summed E-state index contributed by atoms with van der Waals surface area (Å²) in [5, 5.41) is 10.3. The van der Waals surface area contributed by atoms with E-state index < -0.39 is 5.97 Å². The van der Waals surface area contributed by atoms with Gasteiger partial charge in [0.25, 0.3) is 5.91 Å². The summed E-state index contributed by atoms with van der Waals surface area (Å²) in [7, 11) is 1.57. The molecule has 27 heavy (non-hydrogen) atoms. The highest BCUT2D eigenvalue weighted by molar-refractivity contribution is 6.04. The van der Waals surface area contributed by atoms with Crippen LogP contribution in [0.5, 0.6) is 5.75 Å². The monoisotopic (exact) mass is 367 g/mol. The van der Waals surface area contributed by atoms with Crippen LogP contribution in [0.15, 0.2) is 42.5 Å². The van der Waals surface area contributed by atoms with Crippen LogP contribution in [0.25, 0.3) is 10.9 Å². The zero-order chi connectivity index (χ0) is 19.2. The molecule has 2 N–H and O–H groups in total. The quantitative estimate of drug-likeness (QED) is 0.626.